The van der Waals surface area contributed by atoms with Gasteiger partial charge in [-0.1, -0.05) is 23.2 Å². The Labute approximate surface area is 86.3 Å². The second kappa shape index (κ2) is 4.35. The van der Waals surface area contributed by atoms with E-state index in [2.05, 4.69) is 4.99 Å². The molecular weight excluding hydrogens is 209 g/mol. The zero-order valence-electron chi connectivity index (χ0n) is 6.80. The van der Waals surface area contributed by atoms with Gasteiger partial charge in [-0.05, 0) is 23.8 Å². The average molecular weight is 218 g/mol. The number of rotatable bonds is 2. The van der Waals surface area contributed by atoms with Gasteiger partial charge in [-0.3, -0.25) is 0 Å². The third-order valence-corrected chi connectivity index (χ3v) is 1.80. The van der Waals surface area contributed by atoms with Gasteiger partial charge in [-0.2, -0.15) is 0 Å². The largest absolute Gasteiger partial charge is 0.370 e. The maximum Gasteiger partial charge on any atom is 0.186 e. The maximum absolute atomic E-state index is 5.77. The van der Waals surface area contributed by atoms with E-state index in [1.807, 2.05) is 0 Å². The lowest BCUT2D eigenvalue weighted by molar-refractivity contribution is 1.05. The zero-order chi connectivity index (χ0) is 9.84. The van der Waals surface area contributed by atoms with Crippen LogP contribution in [-0.4, -0.2) is 5.96 Å². The minimum Gasteiger partial charge on any atom is -0.370 e. The van der Waals surface area contributed by atoms with E-state index in [1.54, 1.807) is 18.2 Å². The predicted octanol–water partition coefficient (Wildman–Crippen LogP) is 1.77. The third kappa shape index (κ3) is 3.53. The van der Waals surface area contributed by atoms with Crippen LogP contribution in [0.3, 0.4) is 0 Å². The van der Waals surface area contributed by atoms with E-state index >= 15 is 0 Å². The number of halogens is 2. The highest BCUT2D eigenvalue weighted by molar-refractivity contribution is 6.34. The summed E-state index contributed by atoms with van der Waals surface area (Å²) in [6.45, 7) is 0.391. The molecule has 0 aromatic heterocycles. The molecule has 1 rings (SSSR count). The Bertz CT molecular complexity index is 312. The summed E-state index contributed by atoms with van der Waals surface area (Å²) in [7, 11) is 0. The maximum atomic E-state index is 5.77. The Balaban J connectivity index is 2.83. The Hall–Kier alpha value is -0.930. The van der Waals surface area contributed by atoms with E-state index in [9.17, 15) is 0 Å². The smallest absolute Gasteiger partial charge is 0.186 e. The molecule has 0 saturated heterocycles. The first kappa shape index (κ1) is 10.2. The normalized spacial score (nSPS) is 9.69. The predicted molar refractivity (Wildman–Crippen MR) is 56.0 cm³/mol. The van der Waals surface area contributed by atoms with Gasteiger partial charge >= 0.3 is 0 Å². The Morgan fingerprint density at radius 3 is 2.15 bits per heavy atom. The van der Waals surface area contributed by atoms with E-state index in [0.717, 1.165) is 5.56 Å². The lowest BCUT2D eigenvalue weighted by atomic mass is 10.2. The molecule has 5 heteroatoms. The zero-order valence-corrected chi connectivity index (χ0v) is 8.31. The van der Waals surface area contributed by atoms with Crippen LogP contribution in [0.1, 0.15) is 5.56 Å². The van der Waals surface area contributed by atoms with Crippen LogP contribution >= 0.6 is 23.2 Å². The summed E-state index contributed by atoms with van der Waals surface area (Å²) < 4.78 is 0. The number of nitrogens with zero attached hydrogens (tertiary/aromatic N) is 1. The highest BCUT2D eigenvalue weighted by Gasteiger charge is 1.96. The molecule has 1 aromatic rings. The van der Waals surface area contributed by atoms with Crippen LogP contribution in [0.15, 0.2) is 23.2 Å². The first-order chi connectivity index (χ1) is 6.08. The van der Waals surface area contributed by atoms with Crippen molar-refractivity contribution in [3.05, 3.63) is 33.8 Å². The van der Waals surface area contributed by atoms with Gasteiger partial charge in [0.1, 0.15) is 0 Å². The van der Waals surface area contributed by atoms with Crippen LogP contribution in [-0.2, 0) is 6.54 Å². The molecule has 0 aliphatic heterocycles. The van der Waals surface area contributed by atoms with E-state index in [1.165, 1.54) is 0 Å². The fraction of sp³-hybridized carbons (Fsp3) is 0.125. The molecule has 0 fully saturated rings. The van der Waals surface area contributed by atoms with Crippen LogP contribution in [0.25, 0.3) is 0 Å². The number of hydrogen-bond donors (Lipinski definition) is 2. The number of aliphatic imine (C=N–C) groups is 1. The minimum atomic E-state index is 0.0519. The van der Waals surface area contributed by atoms with Gasteiger partial charge < -0.3 is 11.5 Å². The molecule has 70 valence electrons. The van der Waals surface area contributed by atoms with Crippen molar-refractivity contribution >= 4 is 29.2 Å². The molecule has 0 bridgehead atoms. The number of guanidine groups is 1. The van der Waals surface area contributed by atoms with Gasteiger partial charge in [-0.15, -0.1) is 0 Å². The third-order valence-electron chi connectivity index (χ3n) is 1.37. The molecule has 3 nitrogen and oxygen atoms in total. The van der Waals surface area contributed by atoms with E-state index in [0.29, 0.717) is 16.6 Å². The highest BCUT2D eigenvalue weighted by Crippen LogP contribution is 2.19. The van der Waals surface area contributed by atoms with Crippen molar-refractivity contribution in [2.45, 2.75) is 6.54 Å². The van der Waals surface area contributed by atoms with Crippen molar-refractivity contribution in [2.75, 3.05) is 0 Å². The van der Waals surface area contributed by atoms with Gasteiger partial charge in [0.05, 0.1) is 6.54 Å². The fourth-order valence-corrected chi connectivity index (χ4v) is 1.46. The molecule has 0 radical (unpaired) electrons. The quantitative estimate of drug-likeness (QED) is 0.586. The first-order valence-electron chi connectivity index (χ1n) is 3.58. The second-order valence-electron chi connectivity index (χ2n) is 2.52. The van der Waals surface area contributed by atoms with Crippen molar-refractivity contribution in [1.29, 1.82) is 0 Å². The van der Waals surface area contributed by atoms with Crippen LogP contribution in [0.5, 0.6) is 0 Å². The second-order valence-corrected chi connectivity index (χ2v) is 3.39. The van der Waals surface area contributed by atoms with Crippen molar-refractivity contribution in [1.82, 2.24) is 0 Å². The molecule has 0 atom stereocenters. The molecule has 0 spiro atoms. The van der Waals surface area contributed by atoms with Crippen LogP contribution in [0.2, 0.25) is 10.0 Å². The van der Waals surface area contributed by atoms with Crippen molar-refractivity contribution in [2.24, 2.45) is 16.5 Å². The monoisotopic (exact) mass is 217 g/mol. The topological polar surface area (TPSA) is 64.4 Å². The summed E-state index contributed by atoms with van der Waals surface area (Å²) in [4.78, 5) is 3.83. The number of nitrogens with two attached hydrogens (primary N) is 2. The summed E-state index contributed by atoms with van der Waals surface area (Å²) >= 11 is 11.5. The SMILES string of the molecule is NC(N)=NCc1cc(Cl)cc(Cl)c1. The number of benzene rings is 1. The molecular formula is C8H9Cl2N3. The van der Waals surface area contributed by atoms with E-state index in [4.69, 9.17) is 34.7 Å². The van der Waals surface area contributed by atoms with Gasteiger partial charge in [0.25, 0.3) is 0 Å². The molecule has 0 heterocycles. The van der Waals surface area contributed by atoms with Crippen LogP contribution < -0.4 is 11.5 Å². The van der Waals surface area contributed by atoms with Gasteiger partial charge in [0, 0.05) is 10.0 Å². The highest BCUT2D eigenvalue weighted by atomic mass is 35.5. The van der Waals surface area contributed by atoms with Crippen LogP contribution in [0, 0.1) is 0 Å². The first-order valence-corrected chi connectivity index (χ1v) is 4.34. The van der Waals surface area contributed by atoms with Gasteiger partial charge in [0.2, 0.25) is 0 Å². The van der Waals surface area contributed by atoms with Gasteiger partial charge in [-0.25, -0.2) is 4.99 Å². The number of hydrogen-bond acceptors (Lipinski definition) is 1. The van der Waals surface area contributed by atoms with Crippen molar-refractivity contribution < 1.29 is 0 Å². The molecule has 1 aromatic carbocycles. The Kier molecular flexibility index (Phi) is 3.39. The molecule has 4 N–H and O–H groups in total. The molecule has 0 saturated carbocycles. The molecule has 0 aliphatic carbocycles. The lowest BCUT2D eigenvalue weighted by Crippen LogP contribution is -2.22. The van der Waals surface area contributed by atoms with Crippen LogP contribution in [0.4, 0.5) is 0 Å². The van der Waals surface area contributed by atoms with E-state index in [-0.39, 0.29) is 5.96 Å². The van der Waals surface area contributed by atoms with Crippen molar-refractivity contribution in [3.8, 4) is 0 Å². The van der Waals surface area contributed by atoms with Crippen molar-refractivity contribution in [3.63, 3.8) is 0 Å². The summed E-state index contributed by atoms with van der Waals surface area (Å²) in [5.74, 6) is 0.0519. The lowest BCUT2D eigenvalue weighted by Gasteiger charge is -1.99. The fourth-order valence-electron chi connectivity index (χ4n) is 0.885. The molecule has 0 amide bonds. The molecule has 0 aliphatic rings. The average Bonchev–Trinajstić information content (AvgIpc) is 1.99. The Morgan fingerprint density at radius 2 is 1.69 bits per heavy atom. The Morgan fingerprint density at radius 1 is 1.15 bits per heavy atom. The standard InChI is InChI=1S/C8H9Cl2N3/c9-6-1-5(2-7(10)3-6)4-13-8(11)12/h1-3H,4H2,(H4,11,12,13). The van der Waals surface area contributed by atoms with E-state index < -0.39 is 0 Å². The minimum absolute atomic E-state index is 0.0519. The summed E-state index contributed by atoms with van der Waals surface area (Å²) in [5, 5.41) is 1.15. The summed E-state index contributed by atoms with van der Waals surface area (Å²) in [6, 6.07) is 5.18. The summed E-state index contributed by atoms with van der Waals surface area (Å²) in [5.41, 5.74) is 11.2. The molecule has 0 unspecified atom stereocenters. The molecule has 13 heavy (non-hydrogen) atoms. The van der Waals surface area contributed by atoms with Gasteiger partial charge in [0.15, 0.2) is 5.96 Å². The summed E-state index contributed by atoms with van der Waals surface area (Å²) in [6.07, 6.45) is 0.